The van der Waals surface area contributed by atoms with Gasteiger partial charge in [0.15, 0.2) is 0 Å². The number of thiophene rings is 1. The van der Waals surface area contributed by atoms with Gasteiger partial charge in [0.2, 0.25) is 5.91 Å². The lowest BCUT2D eigenvalue weighted by molar-refractivity contribution is -0.131. The third-order valence-electron chi connectivity index (χ3n) is 3.47. The van der Waals surface area contributed by atoms with E-state index in [1.807, 2.05) is 48.2 Å². The van der Waals surface area contributed by atoms with Gasteiger partial charge >= 0.3 is 0 Å². The van der Waals surface area contributed by atoms with Crippen molar-refractivity contribution < 1.29 is 9.53 Å². The molecule has 3 nitrogen and oxygen atoms in total. The molecule has 0 aliphatic rings. The molecule has 2 aromatic rings. The molecule has 2 rings (SSSR count). The van der Waals surface area contributed by atoms with Gasteiger partial charge < -0.3 is 9.64 Å². The van der Waals surface area contributed by atoms with E-state index in [0.717, 1.165) is 26.9 Å². The lowest BCUT2D eigenvalue weighted by Crippen LogP contribution is -2.30. The van der Waals surface area contributed by atoms with E-state index in [9.17, 15) is 4.79 Å². The summed E-state index contributed by atoms with van der Waals surface area (Å²) in [6, 6.07) is 11.7. The number of hydrogen-bond donors (Lipinski definition) is 0. The van der Waals surface area contributed by atoms with Crippen molar-refractivity contribution in [2.45, 2.75) is 26.3 Å². The average molecular weight is 338 g/mol. The Bertz CT molecular complexity index is 627. The Morgan fingerprint density at radius 2 is 2.14 bits per heavy atom. The Hall–Kier alpha value is -1.52. The molecular formula is C17H20ClNO2S. The average Bonchev–Trinajstić information content (AvgIpc) is 2.95. The topological polar surface area (TPSA) is 29.5 Å². The summed E-state index contributed by atoms with van der Waals surface area (Å²) >= 11 is 7.46. The first-order valence-electron chi connectivity index (χ1n) is 7.27. The summed E-state index contributed by atoms with van der Waals surface area (Å²) in [5, 5.41) is 0. The lowest BCUT2D eigenvalue weighted by atomic mass is 10.1. The van der Waals surface area contributed by atoms with Crippen molar-refractivity contribution in [3.8, 4) is 5.75 Å². The summed E-state index contributed by atoms with van der Waals surface area (Å²) in [6.07, 6.45) is 1.22. The van der Waals surface area contributed by atoms with Crippen molar-refractivity contribution in [2.75, 3.05) is 13.7 Å². The summed E-state index contributed by atoms with van der Waals surface area (Å²) in [5.74, 6) is 0.986. The second kappa shape index (κ2) is 8.20. The Morgan fingerprint density at radius 3 is 2.77 bits per heavy atom. The minimum atomic E-state index is 0.162. The third-order valence-corrected chi connectivity index (χ3v) is 4.69. The minimum absolute atomic E-state index is 0.162. The van der Waals surface area contributed by atoms with Crippen LogP contribution in [-0.2, 0) is 17.8 Å². The van der Waals surface area contributed by atoms with E-state index >= 15 is 0 Å². The maximum atomic E-state index is 12.4. The molecule has 0 saturated carbocycles. The number of methoxy groups -OCH3 is 1. The molecule has 0 spiro atoms. The van der Waals surface area contributed by atoms with Gasteiger partial charge in [0.1, 0.15) is 5.75 Å². The maximum Gasteiger partial charge on any atom is 0.223 e. The quantitative estimate of drug-likeness (QED) is 0.749. The zero-order valence-electron chi connectivity index (χ0n) is 12.8. The standard InChI is InChI=1S/C17H20ClNO2S/c1-3-19(12-15-8-9-16(18)22-15)17(20)10-7-13-5-4-6-14(11-13)21-2/h4-6,8-9,11H,3,7,10,12H2,1-2H3. The number of carbonyl (C=O) groups is 1. The number of ether oxygens (including phenoxy) is 1. The number of hydrogen-bond acceptors (Lipinski definition) is 3. The summed E-state index contributed by atoms with van der Waals surface area (Å²) in [5.41, 5.74) is 1.11. The molecule has 0 saturated heterocycles. The number of carbonyl (C=O) groups excluding carboxylic acids is 1. The molecule has 0 fully saturated rings. The fourth-order valence-corrected chi connectivity index (χ4v) is 3.34. The van der Waals surface area contributed by atoms with Crippen LogP contribution in [0.2, 0.25) is 4.34 Å². The normalized spacial score (nSPS) is 10.5. The summed E-state index contributed by atoms with van der Waals surface area (Å²) < 4.78 is 5.96. The molecule has 0 radical (unpaired) electrons. The van der Waals surface area contributed by atoms with Gasteiger partial charge in [-0.1, -0.05) is 23.7 Å². The number of benzene rings is 1. The van der Waals surface area contributed by atoms with Gasteiger partial charge in [-0.05, 0) is 43.2 Å². The molecule has 22 heavy (non-hydrogen) atoms. The van der Waals surface area contributed by atoms with Crippen molar-refractivity contribution in [3.05, 3.63) is 51.2 Å². The Balaban J connectivity index is 1.91. The van der Waals surface area contributed by atoms with E-state index < -0.39 is 0 Å². The van der Waals surface area contributed by atoms with Crippen LogP contribution in [0.25, 0.3) is 0 Å². The predicted molar refractivity (Wildman–Crippen MR) is 91.7 cm³/mol. The van der Waals surface area contributed by atoms with Gasteiger partial charge in [0, 0.05) is 17.8 Å². The molecular weight excluding hydrogens is 318 g/mol. The number of rotatable bonds is 7. The van der Waals surface area contributed by atoms with Crippen molar-refractivity contribution in [2.24, 2.45) is 0 Å². The van der Waals surface area contributed by atoms with Crippen molar-refractivity contribution >= 4 is 28.8 Å². The highest BCUT2D eigenvalue weighted by atomic mass is 35.5. The van der Waals surface area contributed by atoms with E-state index in [4.69, 9.17) is 16.3 Å². The van der Waals surface area contributed by atoms with Crippen LogP contribution in [0.4, 0.5) is 0 Å². The molecule has 0 N–H and O–H groups in total. The smallest absolute Gasteiger partial charge is 0.223 e. The van der Waals surface area contributed by atoms with Gasteiger partial charge in [-0.15, -0.1) is 11.3 Å². The van der Waals surface area contributed by atoms with Crippen molar-refractivity contribution in [1.29, 1.82) is 0 Å². The second-order valence-electron chi connectivity index (χ2n) is 4.97. The maximum absolute atomic E-state index is 12.4. The van der Waals surface area contributed by atoms with E-state index in [1.165, 1.54) is 11.3 Å². The lowest BCUT2D eigenvalue weighted by Gasteiger charge is -2.20. The highest BCUT2D eigenvalue weighted by Crippen LogP contribution is 2.23. The Labute approximate surface area is 140 Å². The van der Waals surface area contributed by atoms with E-state index in [2.05, 4.69) is 0 Å². The van der Waals surface area contributed by atoms with Crippen molar-refractivity contribution in [3.63, 3.8) is 0 Å². The van der Waals surface area contributed by atoms with Crippen LogP contribution in [0.3, 0.4) is 0 Å². The molecule has 0 atom stereocenters. The number of halogens is 1. The van der Waals surface area contributed by atoms with Gasteiger partial charge in [0.05, 0.1) is 18.0 Å². The highest BCUT2D eigenvalue weighted by molar-refractivity contribution is 7.16. The van der Waals surface area contributed by atoms with Crippen LogP contribution >= 0.6 is 22.9 Å². The fraction of sp³-hybridized carbons (Fsp3) is 0.353. The number of aryl methyl sites for hydroxylation is 1. The summed E-state index contributed by atoms with van der Waals surface area (Å²) in [6.45, 7) is 3.33. The zero-order valence-corrected chi connectivity index (χ0v) is 14.4. The number of amides is 1. The molecule has 0 unspecified atom stereocenters. The largest absolute Gasteiger partial charge is 0.497 e. The summed E-state index contributed by atoms with van der Waals surface area (Å²) in [7, 11) is 1.65. The molecule has 1 heterocycles. The van der Waals surface area contributed by atoms with Gasteiger partial charge in [0.25, 0.3) is 0 Å². The first-order chi connectivity index (χ1) is 10.6. The molecule has 0 bridgehead atoms. The van der Waals surface area contributed by atoms with Crippen LogP contribution in [-0.4, -0.2) is 24.5 Å². The van der Waals surface area contributed by atoms with Crippen LogP contribution in [0, 0.1) is 0 Å². The van der Waals surface area contributed by atoms with Gasteiger partial charge in [-0.2, -0.15) is 0 Å². The molecule has 1 aromatic carbocycles. The van der Waals surface area contributed by atoms with Crippen LogP contribution in [0.15, 0.2) is 36.4 Å². The monoisotopic (exact) mass is 337 g/mol. The zero-order chi connectivity index (χ0) is 15.9. The summed E-state index contributed by atoms with van der Waals surface area (Å²) in [4.78, 5) is 15.4. The minimum Gasteiger partial charge on any atom is -0.497 e. The Kier molecular flexibility index (Phi) is 6.28. The van der Waals surface area contributed by atoms with E-state index in [-0.39, 0.29) is 5.91 Å². The molecule has 1 amide bonds. The van der Waals surface area contributed by atoms with Crippen LogP contribution in [0.5, 0.6) is 5.75 Å². The van der Waals surface area contributed by atoms with Gasteiger partial charge in [-0.3, -0.25) is 4.79 Å². The van der Waals surface area contributed by atoms with E-state index in [0.29, 0.717) is 19.5 Å². The van der Waals surface area contributed by atoms with Crippen LogP contribution < -0.4 is 4.74 Å². The van der Waals surface area contributed by atoms with E-state index in [1.54, 1.807) is 7.11 Å². The molecule has 0 aliphatic heterocycles. The predicted octanol–water partition coefficient (Wildman–Crippen LogP) is 4.39. The number of nitrogens with zero attached hydrogens (tertiary/aromatic N) is 1. The van der Waals surface area contributed by atoms with Crippen LogP contribution in [0.1, 0.15) is 23.8 Å². The molecule has 1 aromatic heterocycles. The third kappa shape index (κ3) is 4.75. The molecule has 118 valence electrons. The Morgan fingerprint density at radius 1 is 1.32 bits per heavy atom. The second-order valence-corrected chi connectivity index (χ2v) is 6.76. The fourth-order valence-electron chi connectivity index (χ4n) is 2.24. The first kappa shape index (κ1) is 16.8. The van der Waals surface area contributed by atoms with Gasteiger partial charge in [-0.25, -0.2) is 0 Å². The molecule has 5 heteroatoms. The SMILES string of the molecule is CCN(Cc1ccc(Cl)s1)C(=O)CCc1cccc(OC)c1. The molecule has 0 aliphatic carbocycles. The van der Waals surface area contributed by atoms with Crippen molar-refractivity contribution in [1.82, 2.24) is 4.90 Å². The first-order valence-corrected chi connectivity index (χ1v) is 8.46. The highest BCUT2D eigenvalue weighted by Gasteiger charge is 2.13.